The molecule has 2 aromatic carbocycles. The number of anilines is 2. The van der Waals surface area contributed by atoms with Gasteiger partial charge in [0.1, 0.15) is 0 Å². The van der Waals surface area contributed by atoms with E-state index < -0.39 is 0 Å². The monoisotopic (exact) mass is 378 g/mol. The summed E-state index contributed by atoms with van der Waals surface area (Å²) in [6, 6.07) is 16.8. The van der Waals surface area contributed by atoms with Crippen LogP contribution in [0.1, 0.15) is 21.6 Å². The van der Waals surface area contributed by atoms with Crippen molar-refractivity contribution >= 4 is 17.4 Å². The summed E-state index contributed by atoms with van der Waals surface area (Å²) in [6.45, 7) is 2.36. The molecule has 0 unspecified atom stereocenters. The van der Waals surface area contributed by atoms with Crippen molar-refractivity contribution in [3.05, 3.63) is 71.4 Å². The lowest BCUT2D eigenvalue weighted by Gasteiger charge is -2.10. The van der Waals surface area contributed by atoms with Gasteiger partial charge in [-0.1, -0.05) is 23.8 Å². The van der Waals surface area contributed by atoms with Crippen LogP contribution in [0.4, 0.5) is 11.5 Å². The number of carbonyl (C=O) groups excluding carboxylic acids is 1. The Morgan fingerprint density at radius 3 is 2.32 bits per heavy atom. The molecule has 0 saturated heterocycles. The number of carbonyl (C=O) groups is 1. The topological polar surface area (TPSA) is 85.4 Å². The average molecular weight is 378 g/mol. The van der Waals surface area contributed by atoms with Gasteiger partial charge in [0, 0.05) is 12.2 Å². The van der Waals surface area contributed by atoms with Crippen LogP contribution in [-0.4, -0.2) is 30.3 Å². The molecule has 144 valence electrons. The molecule has 7 nitrogen and oxygen atoms in total. The van der Waals surface area contributed by atoms with Crippen molar-refractivity contribution < 1.29 is 14.3 Å². The number of aryl methyl sites for hydroxylation is 1. The van der Waals surface area contributed by atoms with Gasteiger partial charge in [-0.15, -0.1) is 10.2 Å². The Kier molecular flexibility index (Phi) is 6.06. The quantitative estimate of drug-likeness (QED) is 0.655. The molecule has 0 radical (unpaired) electrons. The predicted octanol–water partition coefficient (Wildman–Crippen LogP) is 3.48. The van der Waals surface area contributed by atoms with Crippen molar-refractivity contribution in [2.45, 2.75) is 13.5 Å². The fourth-order valence-corrected chi connectivity index (χ4v) is 2.57. The summed E-state index contributed by atoms with van der Waals surface area (Å²) in [5.74, 6) is 1.52. The molecule has 0 aliphatic heterocycles. The molecule has 0 spiro atoms. The van der Waals surface area contributed by atoms with E-state index in [4.69, 9.17) is 9.47 Å². The van der Waals surface area contributed by atoms with E-state index >= 15 is 0 Å². The molecule has 0 bridgehead atoms. The highest BCUT2D eigenvalue weighted by molar-refractivity contribution is 5.92. The van der Waals surface area contributed by atoms with Crippen molar-refractivity contribution in [3.63, 3.8) is 0 Å². The third kappa shape index (κ3) is 4.76. The molecule has 0 atom stereocenters. The third-order valence-electron chi connectivity index (χ3n) is 4.12. The van der Waals surface area contributed by atoms with Crippen LogP contribution in [0.3, 0.4) is 0 Å². The maximum absolute atomic E-state index is 12.3. The molecular weight excluding hydrogens is 356 g/mol. The van der Waals surface area contributed by atoms with Crippen LogP contribution in [0.2, 0.25) is 0 Å². The normalized spacial score (nSPS) is 10.2. The van der Waals surface area contributed by atoms with Gasteiger partial charge < -0.3 is 20.1 Å². The maximum Gasteiger partial charge on any atom is 0.272 e. The SMILES string of the molecule is COc1ccc(CNC(=O)c2ccc(Nc3ccc(C)cc3)nn2)cc1OC. The Morgan fingerprint density at radius 2 is 1.68 bits per heavy atom. The molecule has 0 saturated carbocycles. The minimum atomic E-state index is -0.302. The number of benzene rings is 2. The van der Waals surface area contributed by atoms with E-state index in [0.717, 1.165) is 11.3 Å². The van der Waals surface area contributed by atoms with Gasteiger partial charge in [-0.2, -0.15) is 0 Å². The van der Waals surface area contributed by atoms with Crippen molar-refractivity contribution in [1.29, 1.82) is 0 Å². The van der Waals surface area contributed by atoms with Crippen LogP contribution in [0.25, 0.3) is 0 Å². The fourth-order valence-electron chi connectivity index (χ4n) is 2.57. The van der Waals surface area contributed by atoms with Gasteiger partial charge in [-0.25, -0.2) is 0 Å². The first-order valence-electron chi connectivity index (χ1n) is 8.75. The van der Waals surface area contributed by atoms with Gasteiger partial charge in [0.15, 0.2) is 23.0 Å². The van der Waals surface area contributed by atoms with Crippen LogP contribution in [0, 0.1) is 6.92 Å². The van der Waals surface area contributed by atoms with Crippen molar-refractivity contribution in [3.8, 4) is 11.5 Å². The Bertz CT molecular complexity index is 941. The molecule has 28 heavy (non-hydrogen) atoms. The number of aromatic nitrogens is 2. The van der Waals surface area contributed by atoms with Gasteiger partial charge in [-0.05, 0) is 48.9 Å². The van der Waals surface area contributed by atoms with Gasteiger partial charge in [0.25, 0.3) is 5.91 Å². The van der Waals surface area contributed by atoms with E-state index in [0.29, 0.717) is 23.9 Å². The third-order valence-corrected chi connectivity index (χ3v) is 4.12. The molecule has 7 heteroatoms. The number of hydrogen-bond donors (Lipinski definition) is 2. The lowest BCUT2D eigenvalue weighted by molar-refractivity contribution is 0.0945. The van der Waals surface area contributed by atoms with Crippen LogP contribution >= 0.6 is 0 Å². The summed E-state index contributed by atoms with van der Waals surface area (Å²) >= 11 is 0. The number of amides is 1. The van der Waals surface area contributed by atoms with Crippen LogP contribution in [0.15, 0.2) is 54.6 Å². The number of ether oxygens (including phenoxy) is 2. The van der Waals surface area contributed by atoms with E-state index in [1.807, 2.05) is 43.3 Å². The highest BCUT2D eigenvalue weighted by Gasteiger charge is 2.10. The van der Waals surface area contributed by atoms with Gasteiger partial charge in [0.05, 0.1) is 14.2 Å². The first kappa shape index (κ1) is 19.2. The predicted molar refractivity (Wildman–Crippen MR) is 107 cm³/mol. The van der Waals surface area contributed by atoms with E-state index in [1.165, 1.54) is 5.56 Å². The van der Waals surface area contributed by atoms with E-state index in [1.54, 1.807) is 32.4 Å². The zero-order valence-electron chi connectivity index (χ0n) is 16.0. The number of methoxy groups -OCH3 is 2. The Hall–Kier alpha value is -3.61. The van der Waals surface area contributed by atoms with E-state index in [-0.39, 0.29) is 11.6 Å². The second-order valence-electron chi connectivity index (χ2n) is 6.17. The van der Waals surface area contributed by atoms with Crippen molar-refractivity contribution in [2.24, 2.45) is 0 Å². The molecule has 0 fully saturated rings. The van der Waals surface area contributed by atoms with E-state index in [9.17, 15) is 4.79 Å². The molecule has 1 aromatic heterocycles. The maximum atomic E-state index is 12.3. The summed E-state index contributed by atoms with van der Waals surface area (Å²) in [5, 5.41) is 14.0. The number of hydrogen-bond acceptors (Lipinski definition) is 6. The zero-order valence-corrected chi connectivity index (χ0v) is 16.0. The molecule has 1 heterocycles. The first-order valence-corrected chi connectivity index (χ1v) is 8.75. The molecule has 3 rings (SSSR count). The largest absolute Gasteiger partial charge is 0.493 e. The number of nitrogens with zero attached hydrogens (tertiary/aromatic N) is 2. The molecule has 1 amide bonds. The van der Waals surface area contributed by atoms with E-state index in [2.05, 4.69) is 20.8 Å². The van der Waals surface area contributed by atoms with Crippen molar-refractivity contribution in [2.75, 3.05) is 19.5 Å². The molecule has 2 N–H and O–H groups in total. The summed E-state index contributed by atoms with van der Waals surface area (Å²) in [6.07, 6.45) is 0. The molecule has 0 aliphatic carbocycles. The lowest BCUT2D eigenvalue weighted by Crippen LogP contribution is -2.24. The zero-order chi connectivity index (χ0) is 19.9. The average Bonchev–Trinajstić information content (AvgIpc) is 2.74. The van der Waals surface area contributed by atoms with Crippen LogP contribution < -0.4 is 20.1 Å². The minimum absolute atomic E-state index is 0.245. The highest BCUT2D eigenvalue weighted by Crippen LogP contribution is 2.27. The van der Waals surface area contributed by atoms with Crippen LogP contribution in [-0.2, 0) is 6.54 Å². The lowest BCUT2D eigenvalue weighted by atomic mass is 10.2. The Balaban J connectivity index is 1.59. The smallest absolute Gasteiger partial charge is 0.272 e. The summed E-state index contributed by atoms with van der Waals surface area (Å²) < 4.78 is 10.5. The Morgan fingerprint density at radius 1 is 0.929 bits per heavy atom. The summed E-state index contributed by atoms with van der Waals surface area (Å²) in [4.78, 5) is 12.3. The van der Waals surface area contributed by atoms with Crippen molar-refractivity contribution in [1.82, 2.24) is 15.5 Å². The highest BCUT2D eigenvalue weighted by atomic mass is 16.5. The second-order valence-corrected chi connectivity index (χ2v) is 6.17. The van der Waals surface area contributed by atoms with Gasteiger partial charge >= 0.3 is 0 Å². The first-order chi connectivity index (χ1) is 13.6. The van der Waals surface area contributed by atoms with Gasteiger partial charge in [-0.3, -0.25) is 4.79 Å². The number of rotatable bonds is 7. The molecule has 0 aliphatic rings. The summed E-state index contributed by atoms with van der Waals surface area (Å²) in [7, 11) is 3.15. The summed E-state index contributed by atoms with van der Waals surface area (Å²) in [5.41, 5.74) is 3.22. The molecular formula is C21H22N4O3. The Labute approximate surface area is 163 Å². The molecule has 3 aromatic rings. The minimum Gasteiger partial charge on any atom is -0.493 e. The van der Waals surface area contributed by atoms with Crippen LogP contribution in [0.5, 0.6) is 11.5 Å². The second kappa shape index (κ2) is 8.85. The van der Waals surface area contributed by atoms with Gasteiger partial charge in [0.2, 0.25) is 0 Å². The number of nitrogens with one attached hydrogen (secondary N) is 2. The standard InChI is InChI=1S/C21H22N4O3/c1-14-4-7-16(8-5-14)23-20-11-9-17(24-25-20)21(26)22-13-15-6-10-18(27-2)19(12-15)28-3/h4-12H,13H2,1-3H3,(H,22,26)(H,23,25). The fraction of sp³-hybridized carbons (Fsp3) is 0.190.